The van der Waals surface area contributed by atoms with E-state index < -0.39 is 12.4 Å². The van der Waals surface area contributed by atoms with Crippen LogP contribution in [0.15, 0.2) is 24.3 Å². The number of benzene rings is 1. The summed E-state index contributed by atoms with van der Waals surface area (Å²) < 4.78 is 41.0. The Bertz CT molecular complexity index is 544. The van der Waals surface area contributed by atoms with Crippen molar-refractivity contribution in [2.75, 3.05) is 6.54 Å². The Morgan fingerprint density at radius 1 is 1.21 bits per heavy atom. The van der Waals surface area contributed by atoms with E-state index in [1.165, 1.54) is 18.2 Å². The second-order valence-corrected chi connectivity index (χ2v) is 5.94. The first-order valence-electron chi connectivity index (χ1n) is 7.95. The van der Waals surface area contributed by atoms with Crippen LogP contribution in [0.5, 0.6) is 5.75 Å². The van der Waals surface area contributed by atoms with Gasteiger partial charge in [0.1, 0.15) is 5.75 Å². The van der Waals surface area contributed by atoms with E-state index in [1.54, 1.807) is 6.07 Å². The van der Waals surface area contributed by atoms with E-state index in [-0.39, 0.29) is 23.9 Å². The van der Waals surface area contributed by atoms with Gasteiger partial charge in [-0.05, 0) is 44.2 Å². The minimum Gasteiger partial charge on any atom is -0.405 e. The number of rotatable bonds is 5. The van der Waals surface area contributed by atoms with Crippen molar-refractivity contribution in [2.24, 2.45) is 11.7 Å². The zero-order valence-corrected chi connectivity index (χ0v) is 13.2. The first-order valence-corrected chi connectivity index (χ1v) is 7.95. The molecule has 2 rings (SSSR count). The minimum atomic E-state index is -4.76. The molecule has 5 nitrogen and oxygen atoms in total. The largest absolute Gasteiger partial charge is 0.573 e. The summed E-state index contributed by atoms with van der Waals surface area (Å²) in [6.45, 7) is 0.616. The molecule has 0 atom stereocenters. The van der Waals surface area contributed by atoms with Crippen LogP contribution < -0.4 is 21.1 Å². The van der Waals surface area contributed by atoms with E-state index in [9.17, 15) is 18.0 Å². The van der Waals surface area contributed by atoms with Crippen LogP contribution in [0.3, 0.4) is 0 Å². The van der Waals surface area contributed by atoms with Gasteiger partial charge < -0.3 is 21.1 Å². The molecule has 1 aliphatic rings. The molecule has 1 aromatic carbocycles. The molecule has 8 heteroatoms. The lowest BCUT2D eigenvalue weighted by Crippen LogP contribution is -2.43. The van der Waals surface area contributed by atoms with Gasteiger partial charge in [0.15, 0.2) is 0 Å². The fraction of sp³-hybridized carbons (Fsp3) is 0.562. The fourth-order valence-corrected chi connectivity index (χ4v) is 2.83. The van der Waals surface area contributed by atoms with Crippen molar-refractivity contribution < 1.29 is 22.7 Å². The van der Waals surface area contributed by atoms with Crippen LogP contribution in [0.2, 0.25) is 0 Å². The van der Waals surface area contributed by atoms with E-state index in [0.29, 0.717) is 12.5 Å². The molecule has 2 amide bonds. The van der Waals surface area contributed by atoms with Crippen molar-refractivity contribution >= 4 is 6.03 Å². The molecule has 1 aromatic rings. The Hall–Kier alpha value is -1.96. The molecular formula is C16H22F3N3O2. The van der Waals surface area contributed by atoms with Crippen LogP contribution in [0, 0.1) is 5.92 Å². The van der Waals surface area contributed by atoms with Gasteiger partial charge >= 0.3 is 12.4 Å². The molecule has 1 aliphatic carbocycles. The van der Waals surface area contributed by atoms with Gasteiger partial charge in [0.25, 0.3) is 0 Å². The van der Waals surface area contributed by atoms with Crippen molar-refractivity contribution in [3.63, 3.8) is 0 Å². The lowest BCUT2D eigenvalue weighted by atomic mass is 9.86. The smallest absolute Gasteiger partial charge is 0.405 e. The number of halogens is 3. The zero-order valence-electron chi connectivity index (χ0n) is 13.2. The number of ether oxygens (including phenoxy) is 1. The molecule has 0 heterocycles. The van der Waals surface area contributed by atoms with Gasteiger partial charge in [-0.2, -0.15) is 0 Å². The highest BCUT2D eigenvalue weighted by Crippen LogP contribution is 2.26. The SMILES string of the molecule is NCC1CCC(NC(=O)NCc2ccccc2OC(F)(F)F)CC1. The van der Waals surface area contributed by atoms with Crippen molar-refractivity contribution in [3.05, 3.63) is 29.8 Å². The third-order valence-electron chi connectivity index (χ3n) is 4.15. The number of hydrogen-bond donors (Lipinski definition) is 3. The Morgan fingerprint density at radius 3 is 2.50 bits per heavy atom. The lowest BCUT2D eigenvalue weighted by molar-refractivity contribution is -0.274. The molecule has 4 N–H and O–H groups in total. The first kappa shape index (κ1) is 18.4. The Morgan fingerprint density at radius 2 is 1.88 bits per heavy atom. The number of urea groups is 1. The van der Waals surface area contributed by atoms with Gasteiger partial charge in [0, 0.05) is 18.2 Å². The van der Waals surface area contributed by atoms with E-state index in [1.807, 2.05) is 0 Å². The van der Waals surface area contributed by atoms with Crippen molar-refractivity contribution in [1.29, 1.82) is 0 Å². The second-order valence-electron chi connectivity index (χ2n) is 5.94. The van der Waals surface area contributed by atoms with Gasteiger partial charge in [0.05, 0.1) is 0 Å². The summed E-state index contributed by atoms with van der Waals surface area (Å²) in [5, 5.41) is 5.42. The van der Waals surface area contributed by atoms with E-state index in [0.717, 1.165) is 25.7 Å². The molecule has 0 saturated heterocycles. The predicted molar refractivity (Wildman–Crippen MR) is 83.3 cm³/mol. The molecule has 0 radical (unpaired) electrons. The third-order valence-corrected chi connectivity index (χ3v) is 4.15. The number of hydrogen-bond acceptors (Lipinski definition) is 3. The molecular weight excluding hydrogens is 323 g/mol. The molecule has 134 valence electrons. The third kappa shape index (κ3) is 5.92. The second kappa shape index (κ2) is 8.23. The summed E-state index contributed by atoms with van der Waals surface area (Å²) in [5.41, 5.74) is 5.89. The highest BCUT2D eigenvalue weighted by atomic mass is 19.4. The Kier molecular flexibility index (Phi) is 6.30. The van der Waals surface area contributed by atoms with E-state index in [4.69, 9.17) is 5.73 Å². The number of para-hydroxylation sites is 1. The summed E-state index contributed by atoms with van der Waals surface area (Å²) in [6.07, 6.45) is -1.08. The number of carbonyl (C=O) groups excluding carboxylic acids is 1. The van der Waals surface area contributed by atoms with Crippen LogP contribution >= 0.6 is 0 Å². The zero-order chi connectivity index (χ0) is 17.6. The maximum Gasteiger partial charge on any atom is 0.573 e. The van der Waals surface area contributed by atoms with Gasteiger partial charge in [-0.15, -0.1) is 13.2 Å². The number of carbonyl (C=O) groups is 1. The molecule has 0 unspecified atom stereocenters. The fourth-order valence-electron chi connectivity index (χ4n) is 2.83. The van der Waals surface area contributed by atoms with Gasteiger partial charge in [-0.3, -0.25) is 0 Å². The van der Waals surface area contributed by atoms with Gasteiger partial charge in [-0.25, -0.2) is 4.79 Å². The van der Waals surface area contributed by atoms with Crippen LogP contribution in [-0.2, 0) is 6.54 Å². The Balaban J connectivity index is 1.82. The number of nitrogens with one attached hydrogen (secondary N) is 2. The highest BCUT2D eigenvalue weighted by molar-refractivity contribution is 5.74. The molecule has 24 heavy (non-hydrogen) atoms. The Labute approximate surface area is 138 Å². The van der Waals surface area contributed by atoms with Crippen LogP contribution in [0.1, 0.15) is 31.2 Å². The predicted octanol–water partition coefficient (Wildman–Crippen LogP) is 2.90. The molecule has 0 aliphatic heterocycles. The van der Waals surface area contributed by atoms with Gasteiger partial charge in [0.2, 0.25) is 0 Å². The lowest BCUT2D eigenvalue weighted by Gasteiger charge is -2.28. The van der Waals surface area contributed by atoms with E-state index in [2.05, 4.69) is 15.4 Å². The molecule has 0 bridgehead atoms. The van der Waals surface area contributed by atoms with Crippen LogP contribution in [-0.4, -0.2) is 25.0 Å². The maximum atomic E-state index is 12.4. The number of nitrogens with two attached hydrogens (primary N) is 1. The number of amides is 2. The first-order chi connectivity index (χ1) is 11.4. The summed E-state index contributed by atoms with van der Waals surface area (Å²) >= 11 is 0. The van der Waals surface area contributed by atoms with E-state index >= 15 is 0 Å². The standard InChI is InChI=1S/C16H22F3N3O2/c17-16(18,19)24-14-4-2-1-3-12(14)10-21-15(23)22-13-7-5-11(9-20)6-8-13/h1-4,11,13H,5-10,20H2,(H2,21,22,23). The van der Waals surface area contributed by atoms with Crippen molar-refractivity contribution in [1.82, 2.24) is 10.6 Å². The summed E-state index contributed by atoms with van der Waals surface area (Å²) in [7, 11) is 0. The monoisotopic (exact) mass is 345 g/mol. The minimum absolute atomic E-state index is 0.0454. The van der Waals surface area contributed by atoms with Crippen LogP contribution in [0.25, 0.3) is 0 Å². The normalized spacial score (nSPS) is 21.2. The van der Waals surface area contributed by atoms with Gasteiger partial charge in [-0.1, -0.05) is 18.2 Å². The highest BCUT2D eigenvalue weighted by Gasteiger charge is 2.32. The summed E-state index contributed by atoms with van der Waals surface area (Å²) in [5.74, 6) is 0.200. The average Bonchev–Trinajstić information content (AvgIpc) is 2.53. The molecule has 1 saturated carbocycles. The number of alkyl halides is 3. The summed E-state index contributed by atoms with van der Waals surface area (Å²) in [6, 6.07) is 5.42. The molecule has 1 fully saturated rings. The topological polar surface area (TPSA) is 76.4 Å². The summed E-state index contributed by atoms with van der Waals surface area (Å²) in [4.78, 5) is 11.9. The maximum absolute atomic E-state index is 12.4. The van der Waals surface area contributed by atoms with Crippen molar-refractivity contribution in [3.8, 4) is 5.75 Å². The average molecular weight is 345 g/mol. The van der Waals surface area contributed by atoms with Crippen LogP contribution in [0.4, 0.5) is 18.0 Å². The van der Waals surface area contributed by atoms with Crippen molar-refractivity contribution in [2.45, 2.75) is 44.6 Å². The molecule has 0 spiro atoms. The molecule has 0 aromatic heterocycles. The quantitative estimate of drug-likeness (QED) is 0.768.